The standard InChI is InChI=1S/C11H22/c1-5-7-8-11(6-2)9-10(3)4/h5,10-11H,1,6-9H2,2-4H3. The van der Waals surface area contributed by atoms with Crippen molar-refractivity contribution in [1.82, 2.24) is 0 Å². The quantitative estimate of drug-likeness (QED) is 0.507. The fourth-order valence-electron chi connectivity index (χ4n) is 1.51. The van der Waals surface area contributed by atoms with Crippen LogP contribution < -0.4 is 0 Å². The molecule has 0 bridgehead atoms. The van der Waals surface area contributed by atoms with Crippen LogP contribution in [-0.2, 0) is 0 Å². The van der Waals surface area contributed by atoms with E-state index in [0.29, 0.717) is 0 Å². The first kappa shape index (κ1) is 10.7. The van der Waals surface area contributed by atoms with E-state index in [1.807, 2.05) is 6.08 Å². The molecular formula is C11H22. The summed E-state index contributed by atoms with van der Waals surface area (Å²) >= 11 is 0. The second kappa shape index (κ2) is 6.45. The van der Waals surface area contributed by atoms with E-state index in [0.717, 1.165) is 11.8 Å². The topological polar surface area (TPSA) is 0 Å². The molecular weight excluding hydrogens is 132 g/mol. The van der Waals surface area contributed by atoms with Crippen LogP contribution in [0.25, 0.3) is 0 Å². The lowest BCUT2D eigenvalue weighted by Crippen LogP contribution is -2.02. The molecule has 0 nitrogen and oxygen atoms in total. The summed E-state index contributed by atoms with van der Waals surface area (Å²) in [6.07, 6.45) is 7.25. The van der Waals surface area contributed by atoms with Crippen LogP contribution in [0.1, 0.15) is 46.5 Å². The molecule has 0 spiro atoms. The summed E-state index contributed by atoms with van der Waals surface area (Å²) < 4.78 is 0. The predicted molar refractivity (Wildman–Crippen MR) is 52.7 cm³/mol. The molecule has 0 rings (SSSR count). The second-order valence-corrected chi connectivity index (χ2v) is 3.77. The van der Waals surface area contributed by atoms with Crippen LogP contribution >= 0.6 is 0 Å². The van der Waals surface area contributed by atoms with Gasteiger partial charge in [-0.3, -0.25) is 0 Å². The van der Waals surface area contributed by atoms with Crippen LogP contribution in [0, 0.1) is 11.8 Å². The lowest BCUT2D eigenvalue weighted by atomic mass is 9.91. The first-order valence-corrected chi connectivity index (χ1v) is 4.81. The summed E-state index contributed by atoms with van der Waals surface area (Å²) in [5.74, 6) is 1.78. The average Bonchev–Trinajstić information content (AvgIpc) is 1.97. The highest BCUT2D eigenvalue weighted by Gasteiger charge is 2.06. The van der Waals surface area contributed by atoms with Crippen molar-refractivity contribution < 1.29 is 0 Å². The molecule has 1 unspecified atom stereocenters. The van der Waals surface area contributed by atoms with Gasteiger partial charge in [0.2, 0.25) is 0 Å². The van der Waals surface area contributed by atoms with Crippen LogP contribution in [0.4, 0.5) is 0 Å². The summed E-state index contributed by atoms with van der Waals surface area (Å²) in [6.45, 7) is 10.6. The Kier molecular flexibility index (Phi) is 6.30. The van der Waals surface area contributed by atoms with Gasteiger partial charge in [-0.15, -0.1) is 6.58 Å². The molecule has 0 aromatic carbocycles. The van der Waals surface area contributed by atoms with Crippen molar-refractivity contribution in [2.24, 2.45) is 11.8 Å². The van der Waals surface area contributed by atoms with Gasteiger partial charge in [0.05, 0.1) is 0 Å². The fraction of sp³-hybridized carbons (Fsp3) is 0.818. The Hall–Kier alpha value is -0.260. The van der Waals surface area contributed by atoms with Crippen molar-refractivity contribution in [2.45, 2.75) is 46.5 Å². The highest BCUT2D eigenvalue weighted by molar-refractivity contribution is 4.69. The van der Waals surface area contributed by atoms with Gasteiger partial charge in [0, 0.05) is 0 Å². The van der Waals surface area contributed by atoms with Crippen LogP contribution in [-0.4, -0.2) is 0 Å². The summed E-state index contributed by atoms with van der Waals surface area (Å²) in [5.41, 5.74) is 0. The summed E-state index contributed by atoms with van der Waals surface area (Å²) in [6, 6.07) is 0. The molecule has 1 atom stereocenters. The molecule has 0 amide bonds. The summed E-state index contributed by atoms with van der Waals surface area (Å²) in [4.78, 5) is 0. The van der Waals surface area contributed by atoms with Crippen molar-refractivity contribution >= 4 is 0 Å². The molecule has 0 aliphatic heterocycles. The van der Waals surface area contributed by atoms with Gasteiger partial charge in [0.25, 0.3) is 0 Å². The SMILES string of the molecule is C=CCCC(CC)CC(C)C. The lowest BCUT2D eigenvalue weighted by Gasteiger charge is -2.15. The van der Waals surface area contributed by atoms with Gasteiger partial charge in [-0.1, -0.05) is 33.3 Å². The summed E-state index contributed by atoms with van der Waals surface area (Å²) in [5, 5.41) is 0. The monoisotopic (exact) mass is 154 g/mol. The molecule has 0 aromatic rings. The van der Waals surface area contributed by atoms with Crippen LogP contribution in [0.15, 0.2) is 12.7 Å². The lowest BCUT2D eigenvalue weighted by molar-refractivity contribution is 0.378. The van der Waals surface area contributed by atoms with E-state index in [1.54, 1.807) is 0 Å². The maximum Gasteiger partial charge on any atom is -0.0351 e. The van der Waals surface area contributed by atoms with Gasteiger partial charge in [-0.25, -0.2) is 0 Å². The van der Waals surface area contributed by atoms with E-state index in [2.05, 4.69) is 27.4 Å². The normalized spacial score (nSPS) is 13.5. The highest BCUT2D eigenvalue weighted by Crippen LogP contribution is 2.20. The molecule has 0 N–H and O–H groups in total. The van der Waals surface area contributed by atoms with Crippen molar-refractivity contribution in [2.75, 3.05) is 0 Å². The maximum absolute atomic E-state index is 3.75. The maximum atomic E-state index is 3.75. The van der Waals surface area contributed by atoms with Gasteiger partial charge in [0.1, 0.15) is 0 Å². The number of rotatable bonds is 6. The van der Waals surface area contributed by atoms with Gasteiger partial charge in [-0.2, -0.15) is 0 Å². The molecule has 66 valence electrons. The van der Waals surface area contributed by atoms with Crippen LogP contribution in [0.5, 0.6) is 0 Å². The molecule has 0 heteroatoms. The largest absolute Gasteiger partial charge is 0.103 e. The third kappa shape index (κ3) is 6.15. The van der Waals surface area contributed by atoms with Crippen molar-refractivity contribution in [1.29, 1.82) is 0 Å². The zero-order valence-corrected chi connectivity index (χ0v) is 8.27. The average molecular weight is 154 g/mol. The van der Waals surface area contributed by atoms with Crippen molar-refractivity contribution in [3.05, 3.63) is 12.7 Å². The van der Waals surface area contributed by atoms with E-state index in [1.165, 1.54) is 25.7 Å². The Morgan fingerprint density at radius 2 is 2.00 bits per heavy atom. The molecule has 0 fully saturated rings. The van der Waals surface area contributed by atoms with Gasteiger partial charge in [-0.05, 0) is 31.1 Å². The predicted octanol–water partition coefficient (Wildman–Crippen LogP) is 4.02. The molecule has 0 saturated carbocycles. The van der Waals surface area contributed by atoms with Crippen molar-refractivity contribution in [3.63, 3.8) is 0 Å². The zero-order valence-electron chi connectivity index (χ0n) is 8.27. The molecule has 0 saturated heterocycles. The Balaban J connectivity index is 3.48. The Bertz CT molecular complexity index is 92.2. The highest BCUT2D eigenvalue weighted by atomic mass is 14.1. The minimum absolute atomic E-state index is 0.852. The number of hydrogen-bond donors (Lipinski definition) is 0. The first-order chi connectivity index (χ1) is 5.20. The third-order valence-corrected chi connectivity index (χ3v) is 2.16. The molecule has 0 radical (unpaired) electrons. The third-order valence-electron chi connectivity index (χ3n) is 2.16. The van der Waals surface area contributed by atoms with E-state index in [4.69, 9.17) is 0 Å². The van der Waals surface area contributed by atoms with E-state index >= 15 is 0 Å². The minimum atomic E-state index is 0.852. The first-order valence-electron chi connectivity index (χ1n) is 4.81. The van der Waals surface area contributed by atoms with Gasteiger partial charge < -0.3 is 0 Å². The Morgan fingerprint density at radius 3 is 2.36 bits per heavy atom. The van der Waals surface area contributed by atoms with Gasteiger partial charge >= 0.3 is 0 Å². The van der Waals surface area contributed by atoms with E-state index in [9.17, 15) is 0 Å². The molecule has 0 aliphatic rings. The smallest absolute Gasteiger partial charge is 0.0351 e. The molecule has 0 aromatic heterocycles. The zero-order chi connectivity index (χ0) is 8.69. The minimum Gasteiger partial charge on any atom is -0.103 e. The van der Waals surface area contributed by atoms with E-state index < -0.39 is 0 Å². The second-order valence-electron chi connectivity index (χ2n) is 3.77. The Morgan fingerprint density at radius 1 is 1.36 bits per heavy atom. The fourth-order valence-corrected chi connectivity index (χ4v) is 1.51. The van der Waals surface area contributed by atoms with Crippen LogP contribution in [0.2, 0.25) is 0 Å². The molecule has 0 aliphatic carbocycles. The van der Waals surface area contributed by atoms with Crippen molar-refractivity contribution in [3.8, 4) is 0 Å². The molecule has 11 heavy (non-hydrogen) atoms. The summed E-state index contributed by atoms with van der Waals surface area (Å²) in [7, 11) is 0. The van der Waals surface area contributed by atoms with Crippen LogP contribution in [0.3, 0.4) is 0 Å². The number of hydrogen-bond acceptors (Lipinski definition) is 0. The molecule has 0 heterocycles. The van der Waals surface area contributed by atoms with Gasteiger partial charge in [0.15, 0.2) is 0 Å². The van der Waals surface area contributed by atoms with E-state index in [-0.39, 0.29) is 0 Å². The number of allylic oxidation sites excluding steroid dienone is 1. The Labute approximate surface area is 71.7 Å².